The van der Waals surface area contributed by atoms with Gasteiger partial charge in [-0.3, -0.25) is 0 Å². The van der Waals surface area contributed by atoms with Crippen LogP contribution in [0.2, 0.25) is 0 Å². The van der Waals surface area contributed by atoms with E-state index >= 15 is 0 Å². The third-order valence-corrected chi connectivity index (χ3v) is 3.91. The summed E-state index contributed by atoms with van der Waals surface area (Å²) in [5.74, 6) is -4.90. The van der Waals surface area contributed by atoms with Crippen LogP contribution in [0.4, 0.5) is 26.3 Å². The summed E-state index contributed by atoms with van der Waals surface area (Å²) in [4.78, 5) is 34.2. The van der Waals surface area contributed by atoms with Crippen molar-refractivity contribution < 1.29 is 55.7 Å². The van der Waals surface area contributed by atoms with E-state index in [-0.39, 0.29) is 0 Å². The zero-order valence-corrected chi connectivity index (χ0v) is 14.4. The molecule has 0 aliphatic rings. The predicted octanol–water partition coefficient (Wildman–Crippen LogP) is 4.29. The fourth-order valence-electron chi connectivity index (χ4n) is 2.38. The molecule has 6 nitrogen and oxygen atoms in total. The number of aromatic carboxylic acids is 2. The van der Waals surface area contributed by atoms with E-state index < -0.39 is 64.2 Å². The number of halogens is 6. The number of alkyl halides is 6. The third kappa shape index (κ3) is 4.21. The van der Waals surface area contributed by atoms with Crippen LogP contribution in [-0.2, 0) is 5.67 Å². The molecule has 0 spiro atoms. The lowest BCUT2D eigenvalue weighted by Crippen LogP contribution is -2.44. The minimum atomic E-state index is -5.90. The largest absolute Gasteiger partial charge is 0.478 e. The van der Waals surface area contributed by atoms with E-state index in [1.54, 1.807) is 0 Å². The molecule has 2 rings (SSSR count). The van der Waals surface area contributed by atoms with Gasteiger partial charge in [-0.15, -0.1) is 0 Å². The van der Waals surface area contributed by atoms with E-state index in [4.69, 9.17) is 14.9 Å². The number of hydrogen-bond donors (Lipinski definition) is 2. The molecule has 0 heterocycles. The molecule has 0 amide bonds. The zero-order chi connectivity index (χ0) is 22.9. The molecule has 0 radical (unpaired) electrons. The van der Waals surface area contributed by atoms with Crippen molar-refractivity contribution in [2.45, 2.75) is 18.3 Å². The molecule has 0 aliphatic heterocycles. The first-order valence-corrected chi connectivity index (χ1v) is 7.76. The van der Waals surface area contributed by atoms with Crippen molar-refractivity contribution in [3.63, 3.8) is 0 Å². The van der Waals surface area contributed by atoms with Gasteiger partial charge in [0.2, 0.25) is 0 Å². The highest BCUT2D eigenvalue weighted by Gasteiger charge is 2.63. The van der Waals surface area contributed by atoms with E-state index in [2.05, 4.69) is 0 Å². The second-order valence-electron chi connectivity index (χ2n) is 5.79. The topological polar surface area (TPSA) is 101 Å². The lowest BCUT2D eigenvalue weighted by molar-refractivity contribution is -0.274. The van der Waals surface area contributed by atoms with Gasteiger partial charge in [-0.2, -0.15) is 13.2 Å². The monoisotopic (exact) mass is 436 g/mol. The summed E-state index contributed by atoms with van der Waals surface area (Å²) in [6.45, 7) is 0. The standard InChI is InChI=1S/C18H10F6O6/c19-16(20)17(21,18(22,23)24)9-2-4-10(5-3-9)30-15(29)8-1-6-11(13(25)26)12(7-8)14(27)28/h1-7,16H,(H,25,26)(H,27,28). The molecule has 0 saturated carbocycles. The molecule has 0 aromatic heterocycles. The average molecular weight is 436 g/mol. The van der Waals surface area contributed by atoms with E-state index in [1.165, 1.54) is 0 Å². The molecule has 30 heavy (non-hydrogen) atoms. The number of benzene rings is 2. The molecule has 0 fully saturated rings. The van der Waals surface area contributed by atoms with Crippen molar-refractivity contribution >= 4 is 17.9 Å². The Labute approximate surface area is 163 Å². The summed E-state index contributed by atoms with van der Waals surface area (Å²) in [5, 5.41) is 17.9. The van der Waals surface area contributed by atoms with Crippen LogP contribution in [-0.4, -0.2) is 40.7 Å². The smallest absolute Gasteiger partial charge is 0.432 e. The fourth-order valence-corrected chi connectivity index (χ4v) is 2.38. The number of carbonyl (C=O) groups excluding carboxylic acids is 1. The number of carboxylic acids is 2. The second-order valence-corrected chi connectivity index (χ2v) is 5.79. The minimum Gasteiger partial charge on any atom is -0.478 e. The van der Waals surface area contributed by atoms with E-state index in [1.807, 2.05) is 0 Å². The van der Waals surface area contributed by atoms with Gasteiger partial charge in [0, 0.05) is 5.56 Å². The van der Waals surface area contributed by atoms with Crippen LogP contribution in [0, 0.1) is 0 Å². The molecule has 2 aromatic rings. The maximum Gasteiger partial charge on any atom is 0.432 e. The molecule has 160 valence electrons. The summed E-state index contributed by atoms with van der Waals surface area (Å²) in [6.07, 6.45) is -10.3. The molecule has 2 aromatic carbocycles. The maximum absolute atomic E-state index is 13.9. The van der Waals surface area contributed by atoms with Gasteiger partial charge in [-0.25, -0.2) is 27.6 Å². The number of esters is 1. The van der Waals surface area contributed by atoms with Gasteiger partial charge in [0.1, 0.15) is 5.75 Å². The lowest BCUT2D eigenvalue weighted by atomic mass is 9.95. The summed E-state index contributed by atoms with van der Waals surface area (Å²) >= 11 is 0. The van der Waals surface area contributed by atoms with Gasteiger partial charge >= 0.3 is 24.1 Å². The molecule has 0 aliphatic carbocycles. The average Bonchev–Trinajstić information content (AvgIpc) is 2.66. The highest BCUT2D eigenvalue weighted by atomic mass is 19.4. The van der Waals surface area contributed by atoms with Crippen LogP contribution in [0.15, 0.2) is 42.5 Å². The molecule has 0 saturated heterocycles. The van der Waals surface area contributed by atoms with Crippen molar-refractivity contribution in [2.75, 3.05) is 0 Å². The molecule has 1 atom stereocenters. The number of carboxylic acid groups (broad SMARTS) is 2. The zero-order valence-electron chi connectivity index (χ0n) is 14.4. The summed E-state index contributed by atoms with van der Waals surface area (Å²) < 4.78 is 82.4. The first kappa shape index (κ1) is 22.7. The van der Waals surface area contributed by atoms with E-state index in [9.17, 15) is 40.7 Å². The number of carbonyl (C=O) groups is 3. The van der Waals surface area contributed by atoms with Crippen LogP contribution in [0.5, 0.6) is 5.75 Å². The molecular weight excluding hydrogens is 426 g/mol. The van der Waals surface area contributed by atoms with Crippen molar-refractivity contribution in [1.82, 2.24) is 0 Å². The van der Waals surface area contributed by atoms with Crippen LogP contribution in [0.1, 0.15) is 36.6 Å². The third-order valence-electron chi connectivity index (χ3n) is 3.91. The van der Waals surface area contributed by atoms with Crippen LogP contribution >= 0.6 is 0 Å². The molecule has 12 heteroatoms. The van der Waals surface area contributed by atoms with Crippen LogP contribution in [0.25, 0.3) is 0 Å². The van der Waals surface area contributed by atoms with Crippen molar-refractivity contribution in [2.24, 2.45) is 0 Å². The summed E-state index contributed by atoms with van der Waals surface area (Å²) in [7, 11) is 0. The number of ether oxygens (including phenoxy) is 1. The Balaban J connectivity index is 2.30. The SMILES string of the molecule is O=C(Oc1ccc(C(F)(C(F)F)C(F)(F)F)cc1)c1ccc(C(=O)O)c(C(=O)O)c1. The summed E-state index contributed by atoms with van der Waals surface area (Å²) in [5.41, 5.74) is -8.09. The molecule has 0 bridgehead atoms. The van der Waals surface area contributed by atoms with Crippen LogP contribution < -0.4 is 4.74 Å². The van der Waals surface area contributed by atoms with Crippen LogP contribution in [0.3, 0.4) is 0 Å². The van der Waals surface area contributed by atoms with Crippen molar-refractivity contribution in [1.29, 1.82) is 0 Å². The molecule has 2 N–H and O–H groups in total. The second kappa shape index (κ2) is 8.05. The van der Waals surface area contributed by atoms with Gasteiger partial charge < -0.3 is 14.9 Å². The van der Waals surface area contributed by atoms with Gasteiger partial charge in [0.15, 0.2) is 0 Å². The predicted molar refractivity (Wildman–Crippen MR) is 86.6 cm³/mol. The fraction of sp³-hybridized carbons (Fsp3) is 0.167. The number of rotatable bonds is 6. The van der Waals surface area contributed by atoms with E-state index in [0.29, 0.717) is 30.3 Å². The Kier molecular flexibility index (Phi) is 6.09. The van der Waals surface area contributed by atoms with Gasteiger partial charge in [0.25, 0.3) is 12.1 Å². The quantitative estimate of drug-likeness (QED) is 0.398. The van der Waals surface area contributed by atoms with Gasteiger partial charge in [-0.05, 0) is 30.3 Å². The Morgan fingerprint density at radius 3 is 1.80 bits per heavy atom. The minimum absolute atomic E-state index is 0.360. The summed E-state index contributed by atoms with van der Waals surface area (Å²) in [6, 6.07) is 4.46. The van der Waals surface area contributed by atoms with Crippen molar-refractivity contribution in [3.8, 4) is 5.75 Å². The first-order chi connectivity index (χ1) is 13.8. The Morgan fingerprint density at radius 2 is 1.37 bits per heavy atom. The lowest BCUT2D eigenvalue weighted by Gasteiger charge is -2.27. The highest BCUT2D eigenvalue weighted by molar-refractivity contribution is 6.04. The Morgan fingerprint density at radius 1 is 0.833 bits per heavy atom. The first-order valence-electron chi connectivity index (χ1n) is 7.76. The molecular formula is C18H10F6O6. The van der Waals surface area contributed by atoms with E-state index in [0.717, 1.165) is 12.1 Å². The Bertz CT molecular complexity index is 986. The Hall–Kier alpha value is -3.57. The van der Waals surface area contributed by atoms with Crippen molar-refractivity contribution in [3.05, 3.63) is 64.7 Å². The van der Waals surface area contributed by atoms with Gasteiger partial charge in [-0.1, -0.05) is 12.1 Å². The highest BCUT2D eigenvalue weighted by Crippen LogP contribution is 2.47. The normalized spacial score (nSPS) is 13.6. The van der Waals surface area contributed by atoms with Gasteiger partial charge in [0.05, 0.1) is 16.7 Å². The maximum atomic E-state index is 13.9. The molecule has 1 unspecified atom stereocenters. The number of hydrogen-bond acceptors (Lipinski definition) is 4.